The average Bonchev–Trinajstić information content (AvgIpc) is 2.68. The molecule has 1 atom stereocenters. The summed E-state index contributed by atoms with van der Waals surface area (Å²) >= 11 is 0. The van der Waals surface area contributed by atoms with Gasteiger partial charge in [-0.3, -0.25) is 0 Å². The van der Waals surface area contributed by atoms with Crippen molar-refractivity contribution in [3.63, 3.8) is 0 Å². The van der Waals surface area contributed by atoms with Crippen molar-refractivity contribution in [2.45, 2.75) is 17.9 Å². The maximum absolute atomic E-state index is 12.8. The van der Waals surface area contributed by atoms with Gasteiger partial charge in [0.1, 0.15) is 0 Å². The smallest absolute Gasteiger partial charge is 0.361 e. The highest BCUT2D eigenvalue weighted by Gasteiger charge is 2.46. The van der Waals surface area contributed by atoms with Crippen molar-refractivity contribution in [3.05, 3.63) is 71.3 Å². The monoisotopic (exact) mass is 409 g/mol. The van der Waals surface area contributed by atoms with E-state index in [2.05, 4.69) is 9.51 Å². The Balaban J connectivity index is 2.56. The van der Waals surface area contributed by atoms with Crippen molar-refractivity contribution in [1.82, 2.24) is 4.72 Å². The first-order valence-electron chi connectivity index (χ1n) is 7.85. The van der Waals surface area contributed by atoms with Gasteiger partial charge in [-0.05, 0) is 24.6 Å². The van der Waals surface area contributed by atoms with Crippen LogP contribution in [0.1, 0.15) is 17.2 Å². The first-order valence-corrected chi connectivity index (χ1v) is 10.9. The number of hydrogen-bond donors (Lipinski definition) is 1. The number of nitrogens with zero attached hydrogens (tertiary/aromatic N) is 2. The summed E-state index contributed by atoms with van der Waals surface area (Å²) in [6.07, 6.45) is 0. The summed E-state index contributed by atoms with van der Waals surface area (Å²) in [7, 11) is -5.82. The van der Waals surface area contributed by atoms with E-state index < -0.39 is 29.1 Å². The van der Waals surface area contributed by atoms with E-state index in [0.717, 1.165) is 19.8 Å². The minimum atomic E-state index is -4.03. The second-order valence-corrected chi connectivity index (χ2v) is 9.50. The molecule has 0 bridgehead atoms. The molecule has 0 amide bonds. The van der Waals surface area contributed by atoms with Crippen LogP contribution in [0.3, 0.4) is 0 Å². The Hall–Kier alpha value is -2.12. The lowest BCUT2D eigenvalue weighted by Crippen LogP contribution is -2.34. The van der Waals surface area contributed by atoms with Crippen LogP contribution in [0.15, 0.2) is 59.5 Å². The quantitative estimate of drug-likeness (QED) is 0.311. The van der Waals surface area contributed by atoms with Gasteiger partial charge in [-0.15, -0.1) is 0 Å². The van der Waals surface area contributed by atoms with Gasteiger partial charge in [-0.1, -0.05) is 48.0 Å². The molecule has 0 spiro atoms. The van der Waals surface area contributed by atoms with Crippen molar-refractivity contribution in [1.29, 1.82) is 0 Å². The van der Waals surface area contributed by atoms with E-state index in [9.17, 15) is 18.5 Å². The minimum Gasteiger partial charge on any atom is -0.361 e. The number of benzene rings is 2. The first-order chi connectivity index (χ1) is 12.8. The van der Waals surface area contributed by atoms with Crippen LogP contribution < -0.4 is 4.72 Å². The molecular formula is C17H20N3O5PS. The highest BCUT2D eigenvalue weighted by atomic mass is 32.2. The van der Waals surface area contributed by atoms with Gasteiger partial charge in [-0.2, -0.15) is 9.51 Å². The molecule has 0 aliphatic carbocycles. The zero-order valence-electron chi connectivity index (χ0n) is 15.1. The minimum absolute atomic E-state index is 0.0102. The van der Waals surface area contributed by atoms with Crippen molar-refractivity contribution < 1.29 is 26.8 Å². The molecule has 0 saturated carbocycles. The van der Waals surface area contributed by atoms with Crippen LogP contribution in [0.5, 0.6) is 0 Å². The molecular weight excluding hydrogens is 389 g/mol. The Bertz CT molecular complexity index is 979. The molecule has 0 aliphatic heterocycles. The van der Waals surface area contributed by atoms with E-state index >= 15 is 0 Å². The summed E-state index contributed by atoms with van der Waals surface area (Å²) in [6, 6.07) is 13.2. The van der Waals surface area contributed by atoms with Gasteiger partial charge < -0.3 is 14.6 Å². The number of hydrogen-bond acceptors (Lipinski definition) is 5. The van der Waals surface area contributed by atoms with Crippen LogP contribution in [0.25, 0.3) is 5.53 Å². The molecule has 10 heteroatoms. The zero-order chi connectivity index (χ0) is 20.1. The van der Waals surface area contributed by atoms with Gasteiger partial charge in [0.25, 0.3) is 0 Å². The number of sulfonamides is 1. The molecule has 0 aliphatic rings. The second-order valence-electron chi connectivity index (χ2n) is 5.60. The number of nitrogens with one attached hydrogen (secondary N) is 1. The van der Waals surface area contributed by atoms with Gasteiger partial charge >= 0.3 is 13.0 Å². The highest BCUT2D eigenvalue weighted by molar-refractivity contribution is 7.89. The lowest BCUT2D eigenvalue weighted by molar-refractivity contribution is -0.00818. The topological polar surface area (TPSA) is 118 Å². The van der Waals surface area contributed by atoms with Crippen LogP contribution in [-0.2, 0) is 23.6 Å². The Kier molecular flexibility index (Phi) is 6.84. The van der Waals surface area contributed by atoms with Crippen molar-refractivity contribution in [2.75, 3.05) is 14.2 Å². The van der Waals surface area contributed by atoms with E-state index in [1.54, 1.807) is 42.5 Å². The molecule has 0 heterocycles. The first kappa shape index (κ1) is 21.2. The van der Waals surface area contributed by atoms with Crippen LogP contribution in [0.2, 0.25) is 0 Å². The van der Waals surface area contributed by atoms with E-state index in [0.29, 0.717) is 5.56 Å². The Morgan fingerprint density at radius 1 is 1.07 bits per heavy atom. The van der Waals surface area contributed by atoms with Crippen molar-refractivity contribution in [3.8, 4) is 0 Å². The standard InChI is InChI=1S/C17H20N3O5PS/c1-13-9-11-15(12-10-13)27(22,23)20-16(14-7-5-4-6-8-14)17(19-18)26(21,24-2)25-3/h4-12,16,20H,1-3H3. The molecule has 27 heavy (non-hydrogen) atoms. The fourth-order valence-corrected chi connectivity index (χ4v) is 4.83. The van der Waals surface area contributed by atoms with E-state index in [-0.39, 0.29) is 4.90 Å². The Labute approximate surface area is 158 Å². The predicted octanol–water partition coefficient (Wildman–Crippen LogP) is 3.13. The molecule has 2 rings (SSSR count). The van der Waals surface area contributed by atoms with E-state index in [1.165, 1.54) is 12.1 Å². The van der Waals surface area contributed by atoms with Gasteiger partial charge in [0, 0.05) is 14.2 Å². The van der Waals surface area contributed by atoms with Crippen LogP contribution >= 0.6 is 7.60 Å². The fourth-order valence-electron chi connectivity index (χ4n) is 2.39. The van der Waals surface area contributed by atoms with Crippen molar-refractivity contribution in [2.24, 2.45) is 0 Å². The maximum atomic E-state index is 12.8. The van der Waals surface area contributed by atoms with Crippen molar-refractivity contribution >= 4 is 23.1 Å². The van der Waals surface area contributed by atoms with Gasteiger partial charge in [0.05, 0.1) is 4.90 Å². The lowest BCUT2D eigenvalue weighted by atomic mass is 10.1. The summed E-state index contributed by atoms with van der Waals surface area (Å²) in [4.78, 5) is 3.06. The number of rotatable bonds is 8. The summed E-state index contributed by atoms with van der Waals surface area (Å²) in [5.41, 5.74) is 10.3. The Morgan fingerprint density at radius 2 is 1.63 bits per heavy atom. The summed E-state index contributed by atoms with van der Waals surface area (Å²) in [5.74, 6) is 0. The number of aryl methyl sites for hydroxylation is 1. The third kappa shape index (κ3) is 4.78. The Morgan fingerprint density at radius 3 is 2.11 bits per heavy atom. The molecule has 2 aromatic rings. The van der Waals surface area contributed by atoms with Crippen LogP contribution in [0, 0.1) is 6.92 Å². The van der Waals surface area contributed by atoms with Gasteiger partial charge in [0.2, 0.25) is 10.0 Å². The van der Waals surface area contributed by atoms with Crippen LogP contribution in [-0.4, -0.2) is 32.9 Å². The van der Waals surface area contributed by atoms with Gasteiger partial charge in [-0.25, -0.2) is 13.0 Å². The highest BCUT2D eigenvalue weighted by Crippen LogP contribution is 2.51. The molecule has 144 valence electrons. The largest absolute Gasteiger partial charge is 0.439 e. The maximum Gasteiger partial charge on any atom is 0.439 e. The molecule has 0 radical (unpaired) electrons. The van der Waals surface area contributed by atoms with E-state index in [1.807, 2.05) is 6.92 Å². The fraction of sp³-hybridized carbons (Fsp3) is 0.235. The molecule has 1 unspecified atom stereocenters. The second kappa shape index (κ2) is 8.71. The molecule has 8 nitrogen and oxygen atoms in total. The van der Waals surface area contributed by atoms with E-state index in [4.69, 9.17) is 9.05 Å². The molecule has 0 aromatic heterocycles. The summed E-state index contributed by atoms with van der Waals surface area (Å²) in [6.45, 7) is 1.83. The predicted molar refractivity (Wildman–Crippen MR) is 101 cm³/mol. The normalized spacial score (nSPS) is 13.0. The summed E-state index contributed by atoms with van der Waals surface area (Å²) < 4.78 is 50.7. The summed E-state index contributed by atoms with van der Waals surface area (Å²) in [5, 5.41) is 0. The third-order valence-electron chi connectivity index (χ3n) is 3.86. The van der Waals surface area contributed by atoms with Gasteiger partial charge in [0.15, 0.2) is 6.04 Å². The SMILES string of the molecule is COP(=O)(OC)C(=[N+]=[N-])C(NS(=O)(=O)c1ccc(C)cc1)c1ccccc1. The molecule has 0 saturated heterocycles. The zero-order valence-corrected chi connectivity index (χ0v) is 16.8. The molecule has 1 N–H and O–H groups in total. The lowest BCUT2D eigenvalue weighted by Gasteiger charge is -2.19. The third-order valence-corrected chi connectivity index (χ3v) is 7.17. The average molecular weight is 409 g/mol. The molecule has 0 fully saturated rings. The molecule has 2 aromatic carbocycles. The van der Waals surface area contributed by atoms with Crippen LogP contribution in [0.4, 0.5) is 0 Å².